The number of rotatable bonds is 5. The number of halogens is 4. The Labute approximate surface area is 166 Å². The van der Waals surface area contributed by atoms with Crippen LogP contribution in [-0.4, -0.2) is 8.42 Å². The number of hydrogen-bond donors (Lipinski definition) is 0. The first-order valence-electron chi connectivity index (χ1n) is 8.17. The van der Waals surface area contributed by atoms with E-state index in [0.29, 0.717) is 11.1 Å². The van der Waals surface area contributed by atoms with E-state index >= 15 is 0 Å². The second-order valence-electron chi connectivity index (χ2n) is 6.15. The SMILES string of the molecule is Cc1ccc(N(Cc2cccc(F)c2)S(=O)(=O)c2cc(Cl)ccc2F)cc1F. The molecule has 0 heterocycles. The van der Waals surface area contributed by atoms with Crippen molar-refractivity contribution in [3.8, 4) is 0 Å². The summed E-state index contributed by atoms with van der Waals surface area (Å²) < 4.78 is 69.2. The highest BCUT2D eigenvalue weighted by molar-refractivity contribution is 7.92. The minimum Gasteiger partial charge on any atom is -0.262 e. The first kappa shape index (κ1) is 20.2. The van der Waals surface area contributed by atoms with E-state index in [1.165, 1.54) is 43.3 Å². The number of hydrogen-bond acceptors (Lipinski definition) is 2. The maximum Gasteiger partial charge on any atom is 0.267 e. The molecule has 0 bridgehead atoms. The van der Waals surface area contributed by atoms with Crippen LogP contribution in [0.5, 0.6) is 0 Å². The van der Waals surface area contributed by atoms with Gasteiger partial charge in [-0.1, -0.05) is 29.8 Å². The molecule has 0 aromatic heterocycles. The highest BCUT2D eigenvalue weighted by atomic mass is 35.5. The minimum atomic E-state index is -4.46. The molecule has 0 aliphatic heterocycles. The van der Waals surface area contributed by atoms with Gasteiger partial charge in [0, 0.05) is 5.02 Å². The summed E-state index contributed by atoms with van der Waals surface area (Å²) in [5, 5.41) is 0.0285. The van der Waals surface area contributed by atoms with Crippen LogP contribution < -0.4 is 4.31 Å². The van der Waals surface area contributed by atoms with Crippen molar-refractivity contribution in [3.63, 3.8) is 0 Å². The van der Waals surface area contributed by atoms with Gasteiger partial charge in [-0.25, -0.2) is 21.6 Å². The van der Waals surface area contributed by atoms with Crippen molar-refractivity contribution in [2.75, 3.05) is 4.31 Å². The van der Waals surface area contributed by atoms with E-state index in [4.69, 9.17) is 11.6 Å². The Bertz CT molecular complexity index is 1140. The van der Waals surface area contributed by atoms with E-state index in [9.17, 15) is 21.6 Å². The van der Waals surface area contributed by atoms with Crippen molar-refractivity contribution < 1.29 is 21.6 Å². The van der Waals surface area contributed by atoms with Crippen LogP contribution in [-0.2, 0) is 16.6 Å². The van der Waals surface area contributed by atoms with E-state index in [0.717, 1.165) is 28.6 Å². The Morgan fingerprint density at radius 1 is 0.929 bits per heavy atom. The highest BCUT2D eigenvalue weighted by Crippen LogP contribution is 2.30. The smallest absolute Gasteiger partial charge is 0.262 e. The lowest BCUT2D eigenvalue weighted by Gasteiger charge is -2.25. The molecule has 8 heteroatoms. The van der Waals surface area contributed by atoms with E-state index in [-0.39, 0.29) is 17.3 Å². The molecule has 0 aliphatic rings. The first-order valence-corrected chi connectivity index (χ1v) is 9.98. The van der Waals surface area contributed by atoms with Gasteiger partial charge in [0.25, 0.3) is 10.0 Å². The van der Waals surface area contributed by atoms with Crippen molar-refractivity contribution in [1.29, 1.82) is 0 Å². The molecule has 3 aromatic carbocycles. The topological polar surface area (TPSA) is 37.4 Å². The summed E-state index contributed by atoms with van der Waals surface area (Å²) in [4.78, 5) is -0.655. The van der Waals surface area contributed by atoms with E-state index in [1.54, 1.807) is 0 Å². The van der Waals surface area contributed by atoms with Crippen LogP contribution in [0.2, 0.25) is 5.02 Å². The molecule has 0 saturated carbocycles. The number of benzene rings is 3. The van der Waals surface area contributed by atoms with Gasteiger partial charge in [0.05, 0.1) is 12.2 Å². The molecule has 3 rings (SSSR count). The summed E-state index contributed by atoms with van der Waals surface area (Å²) in [5.74, 6) is -2.18. The average molecular weight is 426 g/mol. The molecule has 0 amide bonds. The lowest BCUT2D eigenvalue weighted by Crippen LogP contribution is -2.31. The molecule has 0 aliphatic carbocycles. The monoisotopic (exact) mass is 425 g/mol. The molecule has 0 radical (unpaired) electrons. The van der Waals surface area contributed by atoms with Crippen LogP contribution in [0.3, 0.4) is 0 Å². The van der Waals surface area contributed by atoms with Gasteiger partial charge in [-0.15, -0.1) is 0 Å². The molecule has 0 unspecified atom stereocenters. The van der Waals surface area contributed by atoms with E-state index < -0.39 is 32.4 Å². The van der Waals surface area contributed by atoms with Crippen molar-refractivity contribution in [2.24, 2.45) is 0 Å². The summed E-state index contributed by atoms with van der Waals surface area (Å²) in [5.41, 5.74) is 0.611. The quantitative estimate of drug-likeness (QED) is 0.544. The average Bonchev–Trinajstić information content (AvgIpc) is 2.64. The van der Waals surface area contributed by atoms with Gasteiger partial charge in [-0.05, 0) is 60.5 Å². The largest absolute Gasteiger partial charge is 0.267 e. The molecule has 0 fully saturated rings. The maximum atomic E-state index is 14.3. The summed E-state index contributed by atoms with van der Waals surface area (Å²) in [6, 6.07) is 12.3. The number of nitrogens with zero attached hydrogens (tertiary/aromatic N) is 1. The normalized spacial score (nSPS) is 11.5. The fourth-order valence-corrected chi connectivity index (χ4v) is 4.42. The van der Waals surface area contributed by atoms with Crippen molar-refractivity contribution in [2.45, 2.75) is 18.4 Å². The standard InChI is InChI=1S/C20H15ClF3NO2S/c1-13-5-7-17(11-19(13)24)25(12-14-3-2-4-16(22)9-14)28(26,27)20-10-15(21)6-8-18(20)23/h2-11H,12H2,1H3. The van der Waals surface area contributed by atoms with Crippen LogP contribution in [0, 0.1) is 24.4 Å². The molecule has 0 N–H and O–H groups in total. The van der Waals surface area contributed by atoms with E-state index in [2.05, 4.69) is 0 Å². The molecule has 28 heavy (non-hydrogen) atoms. The van der Waals surface area contributed by atoms with Crippen molar-refractivity contribution in [1.82, 2.24) is 0 Å². The molecular weight excluding hydrogens is 411 g/mol. The molecular formula is C20H15ClF3NO2S. The lowest BCUT2D eigenvalue weighted by molar-refractivity contribution is 0.562. The molecule has 0 atom stereocenters. The van der Waals surface area contributed by atoms with Gasteiger partial charge >= 0.3 is 0 Å². The molecule has 3 nitrogen and oxygen atoms in total. The van der Waals surface area contributed by atoms with Gasteiger partial charge in [-0.3, -0.25) is 4.31 Å². The predicted molar refractivity (Wildman–Crippen MR) is 102 cm³/mol. The molecule has 0 spiro atoms. The molecule has 3 aromatic rings. The Kier molecular flexibility index (Phi) is 5.67. The summed E-state index contributed by atoms with van der Waals surface area (Å²) in [7, 11) is -4.46. The third-order valence-electron chi connectivity index (χ3n) is 4.12. The molecule has 0 saturated heterocycles. The van der Waals surface area contributed by atoms with Crippen molar-refractivity contribution >= 4 is 27.3 Å². The fourth-order valence-electron chi connectivity index (χ4n) is 2.65. The zero-order chi connectivity index (χ0) is 20.5. The number of anilines is 1. The lowest BCUT2D eigenvalue weighted by atomic mass is 10.2. The number of sulfonamides is 1. The van der Waals surface area contributed by atoms with Gasteiger partial charge in [0.15, 0.2) is 0 Å². The Balaban J connectivity index is 2.17. The van der Waals surface area contributed by atoms with Crippen molar-refractivity contribution in [3.05, 3.63) is 94.3 Å². The second-order valence-corrected chi connectivity index (χ2v) is 8.42. The Morgan fingerprint density at radius 3 is 2.36 bits per heavy atom. The fraction of sp³-hybridized carbons (Fsp3) is 0.100. The molecule has 146 valence electrons. The second kappa shape index (κ2) is 7.85. The zero-order valence-electron chi connectivity index (χ0n) is 14.7. The van der Waals surface area contributed by atoms with Gasteiger partial charge in [-0.2, -0.15) is 0 Å². The maximum absolute atomic E-state index is 14.3. The summed E-state index contributed by atoms with van der Waals surface area (Å²) >= 11 is 5.84. The van der Waals surface area contributed by atoms with Crippen LogP contribution in [0.4, 0.5) is 18.9 Å². The van der Waals surface area contributed by atoms with Crippen LogP contribution in [0.1, 0.15) is 11.1 Å². The summed E-state index contributed by atoms with van der Waals surface area (Å²) in [6.07, 6.45) is 0. The van der Waals surface area contributed by atoms with Gasteiger partial charge in [0.2, 0.25) is 0 Å². The third kappa shape index (κ3) is 4.15. The summed E-state index contributed by atoms with van der Waals surface area (Å²) in [6.45, 7) is 1.20. The minimum absolute atomic E-state index is 0.0215. The first-order chi connectivity index (χ1) is 13.2. The zero-order valence-corrected chi connectivity index (χ0v) is 16.2. The van der Waals surface area contributed by atoms with Crippen LogP contribution in [0.15, 0.2) is 65.6 Å². The highest BCUT2D eigenvalue weighted by Gasteiger charge is 2.29. The van der Waals surface area contributed by atoms with Crippen LogP contribution in [0.25, 0.3) is 0 Å². The predicted octanol–water partition coefficient (Wildman–Crippen LogP) is 5.46. The third-order valence-corrected chi connectivity index (χ3v) is 6.14. The Hall–Kier alpha value is -2.51. The van der Waals surface area contributed by atoms with E-state index in [1.807, 2.05) is 0 Å². The Morgan fingerprint density at radius 2 is 1.68 bits per heavy atom. The van der Waals surface area contributed by atoms with Gasteiger partial charge < -0.3 is 0 Å². The van der Waals surface area contributed by atoms with Gasteiger partial charge in [0.1, 0.15) is 22.3 Å². The number of aryl methyl sites for hydroxylation is 1. The van der Waals surface area contributed by atoms with Crippen LogP contribution >= 0.6 is 11.6 Å².